The van der Waals surface area contributed by atoms with Gasteiger partial charge >= 0.3 is 21.1 Å². The number of ether oxygens (including phenoxy) is 1. The Balaban J connectivity index is 0.00000576. The molecular weight excluding hydrogens is 926 g/mol. The van der Waals surface area contributed by atoms with Crippen LogP contribution in [0.5, 0.6) is 11.5 Å². The van der Waals surface area contributed by atoms with Crippen molar-refractivity contribution in [3.63, 3.8) is 0 Å². The van der Waals surface area contributed by atoms with Gasteiger partial charge in [-0.2, -0.15) is 0 Å². The molecule has 61 heavy (non-hydrogen) atoms. The van der Waals surface area contributed by atoms with E-state index in [9.17, 15) is 1.37 Å². The first-order valence-corrected chi connectivity index (χ1v) is 20.5. The third-order valence-corrected chi connectivity index (χ3v) is 11.1. The fourth-order valence-electron chi connectivity index (χ4n) is 7.96. The average Bonchev–Trinajstić information content (AvgIpc) is 3.69. The minimum absolute atomic E-state index is 0. The normalized spacial score (nSPS) is 12.4. The van der Waals surface area contributed by atoms with Crippen molar-refractivity contribution in [3.05, 3.63) is 198 Å². The van der Waals surface area contributed by atoms with Gasteiger partial charge in [-0.3, -0.25) is 4.98 Å². The van der Waals surface area contributed by atoms with Crippen molar-refractivity contribution in [3.8, 4) is 73.2 Å². The molecule has 0 amide bonds. The number of aryl methyl sites for hydroxylation is 1. The van der Waals surface area contributed by atoms with Crippen LogP contribution in [0.3, 0.4) is 0 Å². The molecule has 0 bridgehead atoms. The molecule has 0 unspecified atom stereocenters. The van der Waals surface area contributed by atoms with E-state index >= 15 is 0 Å². The van der Waals surface area contributed by atoms with Crippen molar-refractivity contribution in [2.75, 3.05) is 0 Å². The molecule has 0 atom stereocenters. The molecule has 0 N–H and O–H groups in total. The second-order valence-electron chi connectivity index (χ2n) is 15.8. The Kier molecular flexibility index (Phi) is 10.6. The number of hydrogen-bond acceptors (Lipinski definition) is 3. The Morgan fingerprint density at radius 1 is 0.639 bits per heavy atom. The van der Waals surface area contributed by atoms with Gasteiger partial charge in [-0.1, -0.05) is 179 Å². The van der Waals surface area contributed by atoms with Gasteiger partial charge in [-0.05, 0) is 81.0 Å². The molecular formula is C56H47N3OPt. The van der Waals surface area contributed by atoms with Gasteiger partial charge in [-0.15, -0.1) is 35.4 Å². The van der Waals surface area contributed by atoms with Crippen molar-refractivity contribution < 1.29 is 31.3 Å². The second-order valence-corrected chi connectivity index (χ2v) is 15.8. The van der Waals surface area contributed by atoms with E-state index in [-0.39, 0.29) is 44.5 Å². The Hall–Kier alpha value is -6.35. The molecule has 0 saturated carbocycles. The average molecular weight is 977 g/mol. The third-order valence-electron chi connectivity index (χ3n) is 11.1. The zero-order valence-electron chi connectivity index (χ0n) is 38.7. The number of benzene rings is 7. The van der Waals surface area contributed by atoms with E-state index in [4.69, 9.17) is 13.8 Å². The molecule has 9 rings (SSSR count). The molecule has 302 valence electrons. The molecule has 5 heteroatoms. The summed E-state index contributed by atoms with van der Waals surface area (Å²) in [5.74, 6) is 2.12. The number of hydrogen-bond donors (Lipinski definition) is 0. The molecule has 2 aromatic heterocycles. The van der Waals surface area contributed by atoms with Crippen LogP contribution in [0.25, 0.3) is 72.7 Å². The van der Waals surface area contributed by atoms with Gasteiger partial charge in [0.15, 0.2) is 0 Å². The van der Waals surface area contributed by atoms with E-state index < -0.39 is 6.85 Å². The van der Waals surface area contributed by atoms with Crippen LogP contribution in [0, 0.1) is 25.9 Å². The maximum Gasteiger partial charge on any atom is 2.00 e. The summed E-state index contributed by atoms with van der Waals surface area (Å²) >= 11 is 0. The van der Waals surface area contributed by atoms with Crippen LogP contribution in [0.15, 0.2) is 164 Å². The van der Waals surface area contributed by atoms with Gasteiger partial charge in [0, 0.05) is 27.5 Å². The first-order chi connectivity index (χ1) is 30.9. The van der Waals surface area contributed by atoms with Gasteiger partial charge in [0.25, 0.3) is 0 Å². The minimum Gasteiger partial charge on any atom is -0.496 e. The van der Waals surface area contributed by atoms with Gasteiger partial charge < -0.3 is 14.3 Å². The number of nitrogens with zero attached hydrogens (tertiary/aromatic N) is 3. The molecule has 9 aromatic rings. The molecule has 0 spiro atoms. The molecule has 0 fully saturated rings. The molecule has 4 nitrogen and oxygen atoms in total. The van der Waals surface area contributed by atoms with E-state index in [0.29, 0.717) is 33.9 Å². The Morgan fingerprint density at radius 3 is 1.93 bits per heavy atom. The monoisotopic (exact) mass is 976 g/mol. The zero-order valence-corrected chi connectivity index (χ0v) is 37.0. The summed E-state index contributed by atoms with van der Waals surface area (Å²) in [6.45, 7) is 8.51. The van der Waals surface area contributed by atoms with Crippen LogP contribution in [0.2, 0.25) is 0 Å². The predicted octanol–water partition coefficient (Wildman–Crippen LogP) is 15.0. The Morgan fingerprint density at radius 2 is 1.25 bits per heavy atom. The fraction of sp³-hybridized carbons (Fsp3) is 0.143. The van der Waals surface area contributed by atoms with Crippen LogP contribution < -0.4 is 4.74 Å². The summed E-state index contributed by atoms with van der Waals surface area (Å²) in [5.41, 5.74) is 13.1. The molecule has 7 aromatic carbocycles. The zero-order chi connectivity index (χ0) is 44.7. The van der Waals surface area contributed by atoms with E-state index in [2.05, 4.69) is 128 Å². The van der Waals surface area contributed by atoms with E-state index in [1.54, 1.807) is 0 Å². The molecule has 0 radical (unpaired) electrons. The summed E-state index contributed by atoms with van der Waals surface area (Å²) in [6, 6.07) is 57.6. The number of fused-ring (bicyclic) bond motifs is 1. The number of imidazole rings is 1. The van der Waals surface area contributed by atoms with Crippen LogP contribution in [0.1, 0.15) is 67.3 Å². The number of pyridine rings is 1. The second kappa shape index (κ2) is 17.7. The molecule has 0 aliphatic rings. The standard InChI is InChI=1S/C56H47N3O.Pt/c1-36(2)47-23-16-24-48(37(3)4)55(47)59-53-26-14-13-25-51(53)58-56(59)45-32-50(43-29-27-41(28-30-43)40-17-9-7-10-18-40)39(6)54(33-45)60-46-22-15-21-44(31-46)52-34-49(38(5)35-57-52)42-19-11-8-12-20-42;/h7-30,32,34-37H,1-6H3;/q-2;+2/i5D3,34D;. The largest absolute Gasteiger partial charge is 2.00 e. The van der Waals surface area contributed by atoms with Crippen molar-refractivity contribution >= 4 is 11.0 Å². The summed E-state index contributed by atoms with van der Waals surface area (Å²) < 4.78 is 43.2. The van der Waals surface area contributed by atoms with E-state index in [1.165, 1.54) is 17.3 Å². The van der Waals surface area contributed by atoms with E-state index in [0.717, 1.165) is 55.9 Å². The Labute approximate surface area is 379 Å². The molecule has 0 aliphatic heterocycles. The fourth-order valence-corrected chi connectivity index (χ4v) is 7.96. The smallest absolute Gasteiger partial charge is 0.496 e. The van der Waals surface area contributed by atoms with Crippen LogP contribution in [0.4, 0.5) is 0 Å². The van der Waals surface area contributed by atoms with Gasteiger partial charge in [0.2, 0.25) is 0 Å². The predicted molar refractivity (Wildman–Crippen MR) is 248 cm³/mol. The quantitative estimate of drug-likeness (QED) is 0.128. The summed E-state index contributed by atoms with van der Waals surface area (Å²) in [7, 11) is 0. The first-order valence-electron chi connectivity index (χ1n) is 22.5. The Bertz CT molecular complexity index is 3120. The molecule has 2 heterocycles. The summed E-state index contributed by atoms with van der Waals surface area (Å²) in [5, 5.41) is 0. The number of aromatic nitrogens is 3. The van der Waals surface area contributed by atoms with Crippen molar-refractivity contribution in [2.24, 2.45) is 0 Å². The van der Waals surface area contributed by atoms with Crippen LogP contribution in [-0.4, -0.2) is 14.5 Å². The number of rotatable bonds is 10. The summed E-state index contributed by atoms with van der Waals surface area (Å²) in [4.78, 5) is 9.89. The molecule has 0 saturated heterocycles. The van der Waals surface area contributed by atoms with Gasteiger partial charge in [0.05, 0.1) is 18.2 Å². The number of para-hydroxylation sites is 3. The van der Waals surface area contributed by atoms with Crippen molar-refractivity contribution in [1.82, 2.24) is 14.5 Å². The van der Waals surface area contributed by atoms with E-state index in [1.807, 2.05) is 79.7 Å². The van der Waals surface area contributed by atoms with Crippen LogP contribution >= 0.6 is 0 Å². The van der Waals surface area contributed by atoms with Crippen LogP contribution in [-0.2, 0) is 21.1 Å². The maximum atomic E-state index is 9.32. The third kappa shape index (κ3) is 8.26. The SMILES string of the molecule is [2H]c1c(-c2[c-]c(Oc3[c-]c(-c4nc5ccccc5n4-c4c(C(C)C)cccc4C(C)C)cc(-c4ccc(-c5ccccc5)cc4)c3C)ccc2)ncc(C([2H])([2H])[2H])c1-c1ccccc1.[Pt+2]. The minimum atomic E-state index is -2.47. The first kappa shape index (κ1) is 36.5. The maximum absolute atomic E-state index is 9.32. The topological polar surface area (TPSA) is 39.9 Å². The van der Waals surface area contributed by atoms with Crippen molar-refractivity contribution in [2.45, 2.75) is 53.3 Å². The summed E-state index contributed by atoms with van der Waals surface area (Å²) in [6.07, 6.45) is 1.36. The van der Waals surface area contributed by atoms with Crippen molar-refractivity contribution in [1.29, 1.82) is 0 Å². The van der Waals surface area contributed by atoms with Gasteiger partial charge in [0.1, 0.15) is 0 Å². The molecule has 0 aliphatic carbocycles. The van der Waals surface area contributed by atoms with Gasteiger partial charge in [-0.25, -0.2) is 0 Å².